The Morgan fingerprint density at radius 3 is 3.10 bits per heavy atom. The fraction of sp³-hybridized carbons (Fsp3) is 0.500. The summed E-state index contributed by atoms with van der Waals surface area (Å²) in [6.07, 6.45) is 5.95. The highest BCUT2D eigenvalue weighted by molar-refractivity contribution is 7.15. The molecule has 0 fully saturated rings. The average molecular weight is 305 g/mol. The Bertz CT molecular complexity index is 594. The van der Waals surface area contributed by atoms with Crippen LogP contribution in [0.2, 0.25) is 0 Å². The van der Waals surface area contributed by atoms with Gasteiger partial charge in [0, 0.05) is 17.3 Å². The molecule has 0 radical (unpaired) electrons. The number of nitrogens with zero attached hydrogens (tertiary/aromatic N) is 2. The molecule has 0 amide bonds. The monoisotopic (exact) mass is 305 g/mol. The van der Waals surface area contributed by atoms with Crippen molar-refractivity contribution in [3.8, 4) is 10.7 Å². The van der Waals surface area contributed by atoms with Gasteiger partial charge in [0.1, 0.15) is 10.8 Å². The molecule has 0 bridgehead atoms. The fourth-order valence-corrected chi connectivity index (χ4v) is 3.94. The molecular weight excluding hydrogens is 285 g/mol. The molecule has 1 aliphatic carbocycles. The third kappa shape index (κ3) is 3.30. The van der Waals surface area contributed by atoms with Crippen LogP contribution < -0.4 is 5.32 Å². The van der Waals surface area contributed by atoms with Crippen molar-refractivity contribution < 1.29 is 4.39 Å². The van der Waals surface area contributed by atoms with Crippen LogP contribution in [0, 0.1) is 5.82 Å². The smallest absolute Gasteiger partial charge is 0.142 e. The first-order valence-electron chi connectivity index (χ1n) is 7.60. The minimum Gasteiger partial charge on any atom is -0.316 e. The van der Waals surface area contributed by atoms with Gasteiger partial charge in [0.2, 0.25) is 0 Å². The van der Waals surface area contributed by atoms with Crippen LogP contribution in [0.1, 0.15) is 42.7 Å². The van der Waals surface area contributed by atoms with Crippen molar-refractivity contribution in [2.75, 3.05) is 13.1 Å². The Morgan fingerprint density at radius 1 is 1.43 bits per heavy atom. The lowest BCUT2D eigenvalue weighted by molar-refractivity contribution is 0.502. The molecule has 21 heavy (non-hydrogen) atoms. The summed E-state index contributed by atoms with van der Waals surface area (Å²) in [6.45, 7) is 4.24. The number of hydrogen-bond donors (Lipinski definition) is 1. The topological polar surface area (TPSA) is 37.8 Å². The molecule has 1 atom stereocenters. The van der Waals surface area contributed by atoms with Gasteiger partial charge in [-0.2, -0.15) is 0 Å². The predicted molar refractivity (Wildman–Crippen MR) is 84.1 cm³/mol. The Balaban J connectivity index is 1.82. The highest BCUT2D eigenvalue weighted by Gasteiger charge is 2.25. The summed E-state index contributed by atoms with van der Waals surface area (Å²) in [4.78, 5) is 10.3. The van der Waals surface area contributed by atoms with Crippen LogP contribution in [0.15, 0.2) is 18.3 Å². The molecule has 2 heterocycles. The van der Waals surface area contributed by atoms with Crippen molar-refractivity contribution in [2.24, 2.45) is 0 Å². The highest BCUT2D eigenvalue weighted by atomic mass is 32.1. The van der Waals surface area contributed by atoms with Crippen LogP contribution in [0.4, 0.5) is 4.39 Å². The van der Waals surface area contributed by atoms with E-state index in [0.717, 1.165) is 36.6 Å². The van der Waals surface area contributed by atoms with Crippen molar-refractivity contribution in [3.63, 3.8) is 0 Å². The molecule has 0 aromatic carbocycles. The van der Waals surface area contributed by atoms with E-state index in [1.807, 2.05) is 0 Å². The maximum atomic E-state index is 13.0. The molecule has 2 aromatic rings. The van der Waals surface area contributed by atoms with Crippen molar-refractivity contribution in [3.05, 3.63) is 34.7 Å². The number of aryl methyl sites for hydroxylation is 1. The second kappa shape index (κ2) is 6.62. The zero-order valence-electron chi connectivity index (χ0n) is 12.2. The Hall–Kier alpha value is -1.33. The van der Waals surface area contributed by atoms with E-state index in [0.29, 0.717) is 5.92 Å². The van der Waals surface area contributed by atoms with Crippen molar-refractivity contribution in [2.45, 2.75) is 38.5 Å². The lowest BCUT2D eigenvalue weighted by atomic mass is 9.91. The normalized spacial score (nSPS) is 17.7. The Kier molecular flexibility index (Phi) is 4.60. The van der Waals surface area contributed by atoms with E-state index in [-0.39, 0.29) is 5.82 Å². The van der Waals surface area contributed by atoms with Gasteiger partial charge in [-0.05, 0) is 44.4 Å². The molecule has 1 N–H and O–H groups in total. The van der Waals surface area contributed by atoms with Crippen molar-refractivity contribution in [1.29, 1.82) is 0 Å². The quantitative estimate of drug-likeness (QED) is 0.855. The van der Waals surface area contributed by atoms with Crippen LogP contribution in [-0.4, -0.2) is 23.1 Å². The summed E-state index contributed by atoms with van der Waals surface area (Å²) >= 11 is 1.71. The summed E-state index contributed by atoms with van der Waals surface area (Å²) in [7, 11) is 0. The molecule has 5 heteroatoms. The van der Waals surface area contributed by atoms with Gasteiger partial charge in [0.05, 0.1) is 17.6 Å². The molecule has 0 aliphatic heterocycles. The highest BCUT2D eigenvalue weighted by Crippen LogP contribution is 2.37. The molecule has 0 spiro atoms. The fourth-order valence-electron chi connectivity index (χ4n) is 2.77. The summed E-state index contributed by atoms with van der Waals surface area (Å²) in [5.41, 5.74) is 2.01. The summed E-state index contributed by atoms with van der Waals surface area (Å²) in [6, 6.07) is 3.16. The molecule has 1 unspecified atom stereocenters. The van der Waals surface area contributed by atoms with Crippen LogP contribution in [0.3, 0.4) is 0 Å². The third-order valence-corrected chi connectivity index (χ3v) is 4.99. The minimum atomic E-state index is -0.304. The van der Waals surface area contributed by atoms with E-state index in [2.05, 4.69) is 17.2 Å². The number of aromatic nitrogens is 2. The molecular formula is C16H20FN3S. The Morgan fingerprint density at radius 2 is 2.33 bits per heavy atom. The number of thiazole rings is 1. The molecule has 0 saturated heterocycles. The molecule has 1 aliphatic rings. The molecule has 3 rings (SSSR count). The molecule has 2 aromatic heterocycles. The third-order valence-electron chi connectivity index (χ3n) is 3.83. The van der Waals surface area contributed by atoms with Crippen molar-refractivity contribution >= 4 is 11.3 Å². The van der Waals surface area contributed by atoms with E-state index in [1.165, 1.54) is 35.7 Å². The van der Waals surface area contributed by atoms with Gasteiger partial charge in [-0.25, -0.2) is 9.37 Å². The van der Waals surface area contributed by atoms with E-state index < -0.39 is 0 Å². The van der Waals surface area contributed by atoms with Crippen LogP contribution in [0.5, 0.6) is 0 Å². The first-order valence-corrected chi connectivity index (χ1v) is 8.42. The maximum absolute atomic E-state index is 13.0. The van der Waals surface area contributed by atoms with Gasteiger partial charge < -0.3 is 5.32 Å². The molecule has 3 nitrogen and oxygen atoms in total. The number of rotatable bonds is 5. The van der Waals surface area contributed by atoms with E-state index >= 15 is 0 Å². The van der Waals surface area contributed by atoms with Gasteiger partial charge in [0.15, 0.2) is 0 Å². The number of nitrogens with one attached hydrogen (secondary N) is 1. The van der Waals surface area contributed by atoms with Gasteiger partial charge >= 0.3 is 0 Å². The lowest BCUT2D eigenvalue weighted by Gasteiger charge is -2.21. The largest absolute Gasteiger partial charge is 0.316 e. The lowest BCUT2D eigenvalue weighted by Crippen LogP contribution is -2.24. The Labute approximate surface area is 128 Å². The van der Waals surface area contributed by atoms with Crippen LogP contribution in [-0.2, 0) is 6.42 Å². The predicted octanol–water partition coefficient (Wildman–Crippen LogP) is 3.76. The SMILES string of the molecule is CCCNCC1CCCc2sc(-c3ccc(F)cn3)nc21. The molecule has 0 saturated carbocycles. The van der Waals surface area contributed by atoms with E-state index in [4.69, 9.17) is 4.98 Å². The van der Waals surface area contributed by atoms with Gasteiger partial charge in [0.25, 0.3) is 0 Å². The number of hydrogen-bond acceptors (Lipinski definition) is 4. The minimum absolute atomic E-state index is 0.304. The summed E-state index contributed by atoms with van der Waals surface area (Å²) in [5.74, 6) is 0.201. The van der Waals surface area contributed by atoms with E-state index in [1.54, 1.807) is 17.4 Å². The van der Waals surface area contributed by atoms with Crippen molar-refractivity contribution in [1.82, 2.24) is 15.3 Å². The van der Waals surface area contributed by atoms with Gasteiger partial charge in [-0.1, -0.05) is 6.92 Å². The van der Waals surface area contributed by atoms with Gasteiger partial charge in [-0.3, -0.25) is 4.98 Å². The van der Waals surface area contributed by atoms with E-state index in [9.17, 15) is 4.39 Å². The average Bonchev–Trinajstić information content (AvgIpc) is 2.93. The number of pyridine rings is 1. The number of halogens is 1. The van der Waals surface area contributed by atoms with Crippen LogP contribution in [0.25, 0.3) is 10.7 Å². The first-order chi connectivity index (χ1) is 10.3. The zero-order chi connectivity index (χ0) is 14.7. The van der Waals surface area contributed by atoms with Gasteiger partial charge in [-0.15, -0.1) is 11.3 Å². The first kappa shape index (κ1) is 14.6. The summed E-state index contributed by atoms with van der Waals surface area (Å²) in [5, 5.41) is 4.42. The molecule has 112 valence electrons. The summed E-state index contributed by atoms with van der Waals surface area (Å²) < 4.78 is 13.0. The standard InChI is InChI=1S/C16H20FN3S/c1-2-8-18-9-11-4-3-5-14-15(11)20-16(21-14)13-7-6-12(17)10-19-13/h6-7,10-11,18H,2-5,8-9H2,1H3. The zero-order valence-corrected chi connectivity index (χ0v) is 13.0. The number of fused-ring (bicyclic) bond motifs is 1. The maximum Gasteiger partial charge on any atom is 0.142 e. The van der Waals surface area contributed by atoms with Crippen LogP contribution >= 0.6 is 11.3 Å². The second-order valence-electron chi connectivity index (χ2n) is 5.48. The second-order valence-corrected chi connectivity index (χ2v) is 6.57.